The molecular weight excluding hydrogens is 518 g/mol. The maximum atomic E-state index is 13.9. The van der Waals surface area contributed by atoms with Crippen LogP contribution < -0.4 is 27.2 Å². The Labute approximate surface area is 232 Å². The number of alkyl halides is 2. The minimum atomic E-state index is -2.71. The number of hydrogen-bond acceptors (Lipinski definition) is 8. The van der Waals surface area contributed by atoms with Gasteiger partial charge in [-0.2, -0.15) is 5.10 Å². The van der Waals surface area contributed by atoms with Crippen LogP contribution in [0.3, 0.4) is 0 Å². The Morgan fingerprint density at radius 3 is 2.62 bits per heavy atom. The van der Waals surface area contributed by atoms with E-state index in [4.69, 9.17) is 16.3 Å². The Morgan fingerprint density at radius 2 is 1.95 bits per heavy atom. The van der Waals surface area contributed by atoms with Crippen LogP contribution in [0.15, 0.2) is 48.8 Å². The largest absolute Gasteiger partial charge is 0.397 e. The molecule has 1 aliphatic heterocycles. The van der Waals surface area contributed by atoms with E-state index in [-0.39, 0.29) is 11.3 Å². The maximum Gasteiger partial charge on any atom is 0.265 e. The van der Waals surface area contributed by atoms with Crippen molar-refractivity contribution in [2.24, 2.45) is 18.6 Å². The molecule has 6 N–H and O–H groups in total. The topological polar surface area (TPSA) is 127 Å². The summed E-state index contributed by atoms with van der Waals surface area (Å²) in [7, 11) is 1.82. The third-order valence-electron chi connectivity index (χ3n) is 6.97. The van der Waals surface area contributed by atoms with Crippen LogP contribution in [0.25, 0.3) is 5.70 Å². The van der Waals surface area contributed by atoms with Crippen molar-refractivity contribution in [1.82, 2.24) is 14.7 Å². The van der Waals surface area contributed by atoms with Crippen LogP contribution in [0.5, 0.6) is 0 Å². The number of nitrogens with zero attached hydrogens (tertiary/aromatic N) is 4. The molecule has 3 aromatic rings. The van der Waals surface area contributed by atoms with Gasteiger partial charge in [0.15, 0.2) is 0 Å². The summed E-state index contributed by atoms with van der Waals surface area (Å²) in [6.45, 7) is 8.00. The fourth-order valence-electron chi connectivity index (χ4n) is 4.46. The summed E-state index contributed by atoms with van der Waals surface area (Å²) in [5, 5.41) is 11.4. The Hall–Kier alpha value is -4.00. The number of aromatic nitrogens is 2. The average molecular weight is 555 g/mol. The van der Waals surface area contributed by atoms with Crippen molar-refractivity contribution < 1.29 is 18.3 Å². The second-order valence-electron chi connectivity index (χ2n) is 9.70. The van der Waals surface area contributed by atoms with Crippen molar-refractivity contribution in [1.29, 1.82) is 0 Å². The van der Waals surface area contributed by atoms with Crippen molar-refractivity contribution in [2.75, 3.05) is 55.0 Å². The summed E-state index contributed by atoms with van der Waals surface area (Å²) < 4.78 is 34.8. The van der Waals surface area contributed by atoms with E-state index in [2.05, 4.69) is 20.6 Å². The van der Waals surface area contributed by atoms with Gasteiger partial charge in [0, 0.05) is 73.2 Å². The van der Waals surface area contributed by atoms with Crippen LogP contribution in [-0.4, -0.2) is 60.0 Å². The molecule has 4 rings (SSSR count). The number of aryl methyl sites for hydroxylation is 2. The van der Waals surface area contributed by atoms with Gasteiger partial charge in [-0.25, -0.2) is 14.6 Å². The number of hydrazine groups is 1. The van der Waals surface area contributed by atoms with Crippen LogP contribution in [0, 0.1) is 13.8 Å². The lowest BCUT2D eigenvalue weighted by Gasteiger charge is -2.26. The van der Waals surface area contributed by atoms with Crippen LogP contribution in [0.1, 0.15) is 39.2 Å². The van der Waals surface area contributed by atoms with Crippen LogP contribution >= 0.6 is 0 Å². The fraction of sp³-hybridized carbons (Fsp3) is 0.357. The SMILES string of the molecule is Cc1ccc(C(=O)Nc2ccc(NCCN3CCOCC3)c(C(F)F)c2)cc1N(N)/C=C(\N)c1cnn(C)c1C. The first-order valence-electron chi connectivity index (χ1n) is 13.0. The van der Waals surface area contributed by atoms with Gasteiger partial charge in [0.05, 0.1) is 30.8 Å². The molecule has 0 bridgehead atoms. The predicted octanol–water partition coefficient (Wildman–Crippen LogP) is 3.61. The number of nitrogens with two attached hydrogens (primary N) is 2. The molecule has 12 heteroatoms. The Bertz CT molecular complexity index is 1370. The van der Waals surface area contributed by atoms with Crippen LogP contribution in [-0.2, 0) is 11.8 Å². The van der Waals surface area contributed by atoms with Gasteiger partial charge in [0.2, 0.25) is 0 Å². The number of ether oxygens (including phenoxy) is 1. The van der Waals surface area contributed by atoms with Crippen molar-refractivity contribution >= 4 is 28.7 Å². The van der Waals surface area contributed by atoms with E-state index in [1.54, 1.807) is 47.4 Å². The zero-order valence-corrected chi connectivity index (χ0v) is 23.0. The van der Waals surface area contributed by atoms with E-state index >= 15 is 0 Å². The summed E-state index contributed by atoms with van der Waals surface area (Å²) in [4.78, 5) is 15.3. The van der Waals surface area contributed by atoms with E-state index in [1.807, 2.05) is 20.9 Å². The minimum absolute atomic E-state index is 0.177. The number of morpholine rings is 1. The summed E-state index contributed by atoms with van der Waals surface area (Å²) in [6.07, 6.45) is 0.512. The third-order valence-corrected chi connectivity index (χ3v) is 6.97. The molecule has 0 spiro atoms. The molecule has 214 valence electrons. The van der Waals surface area contributed by atoms with Crippen molar-refractivity contribution in [3.63, 3.8) is 0 Å². The molecule has 0 saturated carbocycles. The molecule has 1 fully saturated rings. The van der Waals surface area contributed by atoms with Gasteiger partial charge >= 0.3 is 0 Å². The predicted molar refractivity (Wildman–Crippen MR) is 153 cm³/mol. The van der Waals surface area contributed by atoms with Crippen LogP contribution in [0.2, 0.25) is 0 Å². The summed E-state index contributed by atoms with van der Waals surface area (Å²) in [6, 6.07) is 9.49. The van der Waals surface area contributed by atoms with Gasteiger partial charge in [0.25, 0.3) is 12.3 Å². The highest BCUT2D eigenvalue weighted by atomic mass is 19.3. The zero-order chi connectivity index (χ0) is 28.8. The van der Waals surface area contributed by atoms with Gasteiger partial charge in [-0.15, -0.1) is 0 Å². The first kappa shape index (κ1) is 29.0. The molecular formula is C28H36F2N8O2. The van der Waals surface area contributed by atoms with Gasteiger partial charge in [-0.3, -0.25) is 19.4 Å². The maximum absolute atomic E-state index is 13.9. The highest BCUT2D eigenvalue weighted by Gasteiger charge is 2.17. The number of nitrogens with one attached hydrogen (secondary N) is 2. The lowest BCUT2D eigenvalue weighted by molar-refractivity contribution is 0.0398. The highest BCUT2D eigenvalue weighted by Crippen LogP contribution is 2.30. The lowest BCUT2D eigenvalue weighted by Crippen LogP contribution is -2.39. The quantitative estimate of drug-likeness (QED) is 0.221. The number of amides is 1. The Kier molecular flexibility index (Phi) is 9.35. The minimum Gasteiger partial charge on any atom is -0.397 e. The van der Waals surface area contributed by atoms with Crippen molar-refractivity contribution in [2.45, 2.75) is 20.3 Å². The Morgan fingerprint density at radius 1 is 1.20 bits per heavy atom. The molecule has 40 heavy (non-hydrogen) atoms. The molecule has 1 aromatic heterocycles. The number of benzene rings is 2. The normalized spacial score (nSPS) is 14.4. The molecule has 2 heterocycles. The van der Waals surface area contributed by atoms with Crippen molar-refractivity contribution in [3.05, 3.63) is 76.7 Å². The number of carbonyl (C=O) groups excluding carboxylic acids is 1. The summed E-state index contributed by atoms with van der Waals surface area (Å²) >= 11 is 0. The van der Waals surface area contributed by atoms with Gasteiger partial charge in [-0.05, 0) is 49.7 Å². The molecule has 0 unspecified atom stereocenters. The standard InChI is InChI=1S/C28H36F2N8O2/c1-18-4-5-20(14-26(18)38(32)17-24(31)23-16-34-36(3)19(23)2)28(39)35-21-6-7-25(22(15-21)27(29)30)33-8-9-37-10-12-40-13-11-37/h4-7,14-17,27,33H,8-13,31-32H2,1-3H3,(H,35,39)/b24-17-. The van der Waals surface area contributed by atoms with Gasteiger partial charge < -0.3 is 21.1 Å². The number of hydrogen-bond donors (Lipinski definition) is 4. The number of anilines is 3. The van der Waals surface area contributed by atoms with Gasteiger partial charge in [-0.1, -0.05) is 6.07 Å². The Balaban J connectivity index is 1.45. The molecule has 1 saturated heterocycles. The number of carbonyl (C=O) groups is 1. The van der Waals surface area contributed by atoms with Crippen LogP contribution in [0.4, 0.5) is 25.8 Å². The monoisotopic (exact) mass is 554 g/mol. The molecule has 10 nitrogen and oxygen atoms in total. The lowest BCUT2D eigenvalue weighted by atomic mass is 10.1. The van der Waals surface area contributed by atoms with E-state index in [9.17, 15) is 13.6 Å². The second kappa shape index (κ2) is 12.9. The molecule has 0 aliphatic carbocycles. The number of halogens is 2. The molecule has 0 radical (unpaired) electrons. The highest BCUT2D eigenvalue weighted by molar-refractivity contribution is 6.05. The average Bonchev–Trinajstić information content (AvgIpc) is 3.27. The molecule has 1 aliphatic rings. The van der Waals surface area contributed by atoms with E-state index < -0.39 is 12.3 Å². The third kappa shape index (κ3) is 6.95. The summed E-state index contributed by atoms with van der Waals surface area (Å²) in [5.74, 6) is 5.83. The molecule has 2 aromatic carbocycles. The first-order chi connectivity index (χ1) is 19.1. The second-order valence-corrected chi connectivity index (χ2v) is 9.70. The number of rotatable bonds is 10. The van der Waals surface area contributed by atoms with E-state index in [1.165, 1.54) is 11.1 Å². The molecule has 0 atom stereocenters. The fourth-order valence-corrected chi connectivity index (χ4v) is 4.46. The van der Waals surface area contributed by atoms with E-state index in [0.717, 1.165) is 36.5 Å². The summed E-state index contributed by atoms with van der Waals surface area (Å²) in [5.41, 5.74) is 10.4. The van der Waals surface area contributed by atoms with Crippen molar-refractivity contribution in [3.8, 4) is 0 Å². The zero-order valence-electron chi connectivity index (χ0n) is 23.0. The van der Waals surface area contributed by atoms with Gasteiger partial charge in [0.1, 0.15) is 0 Å². The first-order valence-corrected chi connectivity index (χ1v) is 13.0. The molecule has 1 amide bonds. The van der Waals surface area contributed by atoms with E-state index in [0.29, 0.717) is 42.4 Å². The smallest absolute Gasteiger partial charge is 0.265 e.